The molecule has 0 aromatic rings. The summed E-state index contributed by atoms with van der Waals surface area (Å²) in [6.45, 7) is 0. The molecular weight excluding hydrogens is 172 g/mol. The minimum absolute atomic E-state index is 0.373. The number of sulfone groups is 1. The van der Waals surface area contributed by atoms with Crippen molar-refractivity contribution >= 4 is 9.84 Å². The second kappa shape index (κ2) is 4.26. The highest BCUT2D eigenvalue weighted by molar-refractivity contribution is 7.90. The molecule has 0 saturated heterocycles. The van der Waals surface area contributed by atoms with Crippen LogP contribution in [0, 0.1) is 5.92 Å². The number of unbranched alkanes of at least 4 members (excludes halogenated alkanes) is 2. The maximum atomic E-state index is 10.7. The van der Waals surface area contributed by atoms with Crippen LogP contribution in [0.15, 0.2) is 0 Å². The van der Waals surface area contributed by atoms with E-state index < -0.39 is 9.84 Å². The van der Waals surface area contributed by atoms with Gasteiger partial charge in [-0.1, -0.05) is 32.1 Å². The van der Waals surface area contributed by atoms with Crippen molar-refractivity contribution in [2.45, 2.75) is 38.5 Å². The van der Waals surface area contributed by atoms with Gasteiger partial charge in [0, 0.05) is 12.0 Å². The Morgan fingerprint density at radius 1 is 1.17 bits per heavy atom. The van der Waals surface area contributed by atoms with Crippen molar-refractivity contribution in [3.05, 3.63) is 0 Å². The summed E-state index contributed by atoms with van der Waals surface area (Å²) in [6.07, 6.45) is 8.62. The lowest BCUT2D eigenvalue weighted by Gasteiger charge is -1.98. The van der Waals surface area contributed by atoms with Crippen molar-refractivity contribution in [3.8, 4) is 0 Å². The summed E-state index contributed by atoms with van der Waals surface area (Å²) >= 11 is 0. The second-order valence-corrected chi connectivity index (χ2v) is 6.18. The Morgan fingerprint density at radius 3 is 2.33 bits per heavy atom. The predicted molar refractivity (Wildman–Crippen MR) is 50.9 cm³/mol. The van der Waals surface area contributed by atoms with Crippen LogP contribution in [0.4, 0.5) is 0 Å². The molecule has 1 saturated carbocycles. The quantitative estimate of drug-likeness (QED) is 0.600. The summed E-state index contributed by atoms with van der Waals surface area (Å²) < 4.78 is 21.5. The lowest BCUT2D eigenvalue weighted by atomic mass is 10.1. The maximum absolute atomic E-state index is 10.7. The van der Waals surface area contributed by atoms with Crippen molar-refractivity contribution in [1.82, 2.24) is 0 Å². The molecule has 1 rings (SSSR count). The smallest absolute Gasteiger partial charge is 0.147 e. The normalized spacial score (nSPS) is 18.1. The van der Waals surface area contributed by atoms with Crippen LogP contribution in [0.3, 0.4) is 0 Å². The fourth-order valence-electron chi connectivity index (χ4n) is 1.38. The van der Waals surface area contributed by atoms with Gasteiger partial charge in [0.05, 0.1) is 0 Å². The number of hydrogen-bond donors (Lipinski definition) is 0. The van der Waals surface area contributed by atoms with Gasteiger partial charge in [-0.05, 0) is 12.3 Å². The van der Waals surface area contributed by atoms with Crippen molar-refractivity contribution in [2.75, 3.05) is 12.0 Å². The minimum atomic E-state index is -2.71. The van der Waals surface area contributed by atoms with Crippen LogP contribution in [0.25, 0.3) is 0 Å². The van der Waals surface area contributed by atoms with Gasteiger partial charge in [-0.2, -0.15) is 0 Å². The Morgan fingerprint density at radius 2 is 1.83 bits per heavy atom. The first-order valence-electron chi connectivity index (χ1n) is 4.76. The lowest BCUT2D eigenvalue weighted by Crippen LogP contribution is -2.02. The van der Waals surface area contributed by atoms with E-state index in [0.717, 1.165) is 18.8 Å². The molecule has 0 N–H and O–H groups in total. The zero-order chi connectivity index (χ0) is 9.03. The molecule has 1 fully saturated rings. The van der Waals surface area contributed by atoms with E-state index in [0.29, 0.717) is 5.75 Å². The summed E-state index contributed by atoms with van der Waals surface area (Å²) in [4.78, 5) is 0. The van der Waals surface area contributed by atoms with E-state index in [1.807, 2.05) is 0 Å². The van der Waals surface area contributed by atoms with Crippen molar-refractivity contribution in [1.29, 1.82) is 0 Å². The van der Waals surface area contributed by atoms with Crippen LogP contribution < -0.4 is 0 Å². The van der Waals surface area contributed by atoms with E-state index in [9.17, 15) is 8.42 Å². The highest BCUT2D eigenvalue weighted by Gasteiger charge is 2.19. The Balaban J connectivity index is 1.88. The molecule has 0 aliphatic heterocycles. The molecule has 0 atom stereocenters. The Labute approximate surface area is 75.3 Å². The van der Waals surface area contributed by atoms with Gasteiger partial charge in [-0.25, -0.2) is 8.42 Å². The summed E-state index contributed by atoms with van der Waals surface area (Å²) in [5.41, 5.74) is 0. The van der Waals surface area contributed by atoms with E-state index in [1.165, 1.54) is 31.9 Å². The molecule has 1 aliphatic rings. The summed E-state index contributed by atoms with van der Waals surface area (Å²) in [5.74, 6) is 1.36. The molecule has 1 aliphatic carbocycles. The molecule has 0 unspecified atom stereocenters. The minimum Gasteiger partial charge on any atom is -0.229 e. The van der Waals surface area contributed by atoms with Gasteiger partial charge in [0.1, 0.15) is 9.84 Å². The molecule has 0 amide bonds. The highest BCUT2D eigenvalue weighted by atomic mass is 32.2. The van der Waals surface area contributed by atoms with E-state index >= 15 is 0 Å². The number of rotatable bonds is 6. The Hall–Kier alpha value is -0.0500. The Kier molecular flexibility index (Phi) is 3.56. The summed E-state index contributed by atoms with van der Waals surface area (Å²) in [7, 11) is -2.71. The van der Waals surface area contributed by atoms with E-state index in [2.05, 4.69) is 0 Å². The monoisotopic (exact) mass is 190 g/mol. The van der Waals surface area contributed by atoms with Gasteiger partial charge in [-0.15, -0.1) is 0 Å². The molecule has 3 heteroatoms. The molecule has 0 heterocycles. The third-order valence-corrected chi connectivity index (χ3v) is 3.35. The standard InChI is InChI=1S/C9H18O2S/c1-12(10,11)8-4-2-3-5-9-6-7-9/h9H,2-8H2,1H3. The average molecular weight is 190 g/mol. The molecule has 0 aromatic carbocycles. The molecular formula is C9H18O2S. The van der Waals surface area contributed by atoms with E-state index in [-0.39, 0.29) is 0 Å². The fraction of sp³-hybridized carbons (Fsp3) is 1.00. The molecule has 0 spiro atoms. The Bertz CT molecular complexity index is 215. The van der Waals surface area contributed by atoms with Gasteiger partial charge in [0.2, 0.25) is 0 Å². The molecule has 2 nitrogen and oxygen atoms in total. The van der Waals surface area contributed by atoms with Crippen LogP contribution in [0.1, 0.15) is 38.5 Å². The van der Waals surface area contributed by atoms with Gasteiger partial charge in [0.25, 0.3) is 0 Å². The first-order valence-corrected chi connectivity index (χ1v) is 6.82. The first kappa shape index (κ1) is 10.0. The van der Waals surface area contributed by atoms with Gasteiger partial charge >= 0.3 is 0 Å². The van der Waals surface area contributed by atoms with Crippen LogP contribution >= 0.6 is 0 Å². The van der Waals surface area contributed by atoms with Crippen LogP contribution in [-0.2, 0) is 9.84 Å². The van der Waals surface area contributed by atoms with Crippen LogP contribution in [0.2, 0.25) is 0 Å². The highest BCUT2D eigenvalue weighted by Crippen LogP contribution is 2.33. The molecule has 72 valence electrons. The van der Waals surface area contributed by atoms with Crippen molar-refractivity contribution < 1.29 is 8.42 Å². The third kappa shape index (κ3) is 5.58. The number of hydrogen-bond acceptors (Lipinski definition) is 2. The first-order chi connectivity index (χ1) is 5.58. The van der Waals surface area contributed by atoms with Crippen molar-refractivity contribution in [2.24, 2.45) is 5.92 Å². The topological polar surface area (TPSA) is 34.1 Å². The summed E-state index contributed by atoms with van der Waals surface area (Å²) in [5, 5.41) is 0. The van der Waals surface area contributed by atoms with Gasteiger partial charge in [-0.3, -0.25) is 0 Å². The SMILES string of the molecule is CS(=O)(=O)CCCCCC1CC1. The predicted octanol–water partition coefficient (Wildman–Crippen LogP) is 2.00. The van der Waals surface area contributed by atoms with Gasteiger partial charge in [0.15, 0.2) is 0 Å². The van der Waals surface area contributed by atoms with Crippen LogP contribution in [-0.4, -0.2) is 20.4 Å². The largest absolute Gasteiger partial charge is 0.229 e. The third-order valence-electron chi connectivity index (χ3n) is 2.32. The lowest BCUT2D eigenvalue weighted by molar-refractivity contribution is 0.587. The zero-order valence-electron chi connectivity index (χ0n) is 7.75. The van der Waals surface area contributed by atoms with Gasteiger partial charge < -0.3 is 0 Å². The van der Waals surface area contributed by atoms with E-state index in [1.54, 1.807) is 0 Å². The maximum Gasteiger partial charge on any atom is 0.147 e. The molecule has 0 aromatic heterocycles. The summed E-state index contributed by atoms with van der Waals surface area (Å²) in [6, 6.07) is 0. The van der Waals surface area contributed by atoms with Crippen molar-refractivity contribution in [3.63, 3.8) is 0 Å². The van der Waals surface area contributed by atoms with Crippen LogP contribution in [0.5, 0.6) is 0 Å². The molecule has 0 radical (unpaired) electrons. The fourth-order valence-corrected chi connectivity index (χ4v) is 2.11. The second-order valence-electron chi connectivity index (χ2n) is 3.92. The molecule has 12 heavy (non-hydrogen) atoms. The zero-order valence-corrected chi connectivity index (χ0v) is 8.57. The van der Waals surface area contributed by atoms with E-state index in [4.69, 9.17) is 0 Å². The molecule has 0 bridgehead atoms. The average Bonchev–Trinajstić information content (AvgIpc) is 2.68.